The molecule has 0 aliphatic carbocycles. The average molecular weight is 315 g/mol. The molecule has 1 aromatic carbocycles. The number of halogens is 1. The summed E-state index contributed by atoms with van der Waals surface area (Å²) in [6, 6.07) is 7.21. The van der Waals surface area contributed by atoms with Crippen LogP contribution in [0, 0.1) is 5.41 Å². The molecule has 0 aliphatic heterocycles. The Kier molecular flexibility index (Phi) is 4.65. The molecule has 17 heavy (non-hydrogen) atoms. The second kappa shape index (κ2) is 5.60. The van der Waals surface area contributed by atoms with E-state index in [-0.39, 0.29) is 11.3 Å². The van der Waals surface area contributed by atoms with Crippen molar-refractivity contribution in [2.75, 3.05) is 6.54 Å². The largest absolute Gasteiger partial charge is 0.393 e. The highest BCUT2D eigenvalue weighted by Gasteiger charge is 2.22. The first kappa shape index (κ1) is 14.1. The lowest BCUT2D eigenvalue weighted by Crippen LogP contribution is -2.41. The fraction of sp³-hybridized carbons (Fsp3) is 0.333. The number of hydrogen-bond donors (Lipinski definition) is 2. The van der Waals surface area contributed by atoms with Crippen molar-refractivity contribution in [3.05, 3.63) is 34.3 Å². The maximum absolute atomic E-state index is 11.9. The van der Waals surface area contributed by atoms with Crippen LogP contribution in [0.2, 0.25) is 0 Å². The zero-order valence-electron chi connectivity index (χ0n) is 9.79. The van der Waals surface area contributed by atoms with Crippen LogP contribution in [0.15, 0.2) is 28.7 Å². The van der Waals surface area contributed by atoms with Crippen LogP contribution in [0.25, 0.3) is 0 Å². The Hall–Kier alpha value is -0.940. The molecule has 1 rings (SSSR count). The van der Waals surface area contributed by atoms with Crippen molar-refractivity contribution < 1.29 is 4.79 Å². The molecule has 0 bridgehead atoms. The third-order valence-electron chi connectivity index (χ3n) is 2.44. The minimum Gasteiger partial charge on any atom is -0.393 e. The summed E-state index contributed by atoms with van der Waals surface area (Å²) in [6.45, 7) is 4.22. The van der Waals surface area contributed by atoms with Gasteiger partial charge in [0.15, 0.2) is 0 Å². The highest BCUT2D eigenvalue weighted by molar-refractivity contribution is 9.10. The van der Waals surface area contributed by atoms with Gasteiger partial charge in [-0.05, 0) is 18.2 Å². The number of nitrogens with one attached hydrogen (secondary N) is 1. The van der Waals surface area contributed by atoms with Crippen LogP contribution in [0.3, 0.4) is 0 Å². The number of carbonyl (C=O) groups excluding carboxylic acids is 1. The lowest BCUT2D eigenvalue weighted by molar-refractivity contribution is 0.0945. The summed E-state index contributed by atoms with van der Waals surface area (Å²) >= 11 is 8.26. The Labute approximate surface area is 115 Å². The molecule has 3 N–H and O–H groups in total. The van der Waals surface area contributed by atoms with Gasteiger partial charge in [-0.2, -0.15) is 0 Å². The average Bonchev–Trinajstić information content (AvgIpc) is 2.25. The van der Waals surface area contributed by atoms with E-state index in [0.29, 0.717) is 17.1 Å². The Morgan fingerprint density at radius 3 is 2.71 bits per heavy atom. The molecule has 0 atom stereocenters. The summed E-state index contributed by atoms with van der Waals surface area (Å²) < 4.78 is 0.874. The van der Waals surface area contributed by atoms with Gasteiger partial charge < -0.3 is 11.1 Å². The summed E-state index contributed by atoms with van der Waals surface area (Å²) in [6.07, 6.45) is 0. The quantitative estimate of drug-likeness (QED) is 0.840. The van der Waals surface area contributed by atoms with Crippen LogP contribution < -0.4 is 11.1 Å². The molecule has 0 unspecified atom stereocenters. The third kappa shape index (κ3) is 4.09. The zero-order valence-corrected chi connectivity index (χ0v) is 12.2. The predicted octanol–water partition coefficient (Wildman–Crippen LogP) is 2.49. The summed E-state index contributed by atoms with van der Waals surface area (Å²) in [5.74, 6) is -0.129. The molecule has 5 heteroatoms. The molecular formula is C12H15BrN2OS. The fourth-order valence-corrected chi connectivity index (χ4v) is 1.59. The smallest absolute Gasteiger partial charge is 0.251 e. The van der Waals surface area contributed by atoms with Gasteiger partial charge >= 0.3 is 0 Å². The standard InChI is InChI=1S/C12H15BrN2OS/c1-12(2,11(14)17)7-15-10(16)8-4-3-5-9(13)6-8/h3-6H,7H2,1-2H3,(H2,14,17)(H,15,16). The van der Waals surface area contributed by atoms with Crippen molar-refractivity contribution >= 4 is 39.0 Å². The monoisotopic (exact) mass is 314 g/mol. The lowest BCUT2D eigenvalue weighted by atomic mass is 9.93. The van der Waals surface area contributed by atoms with Gasteiger partial charge in [0, 0.05) is 22.0 Å². The molecular weight excluding hydrogens is 300 g/mol. The van der Waals surface area contributed by atoms with Gasteiger partial charge in [0.2, 0.25) is 0 Å². The molecule has 1 aromatic rings. The Bertz CT molecular complexity index is 446. The lowest BCUT2D eigenvalue weighted by Gasteiger charge is -2.23. The highest BCUT2D eigenvalue weighted by atomic mass is 79.9. The van der Waals surface area contributed by atoms with E-state index in [1.807, 2.05) is 26.0 Å². The number of amides is 1. The van der Waals surface area contributed by atoms with E-state index in [4.69, 9.17) is 18.0 Å². The van der Waals surface area contributed by atoms with E-state index in [9.17, 15) is 4.79 Å². The van der Waals surface area contributed by atoms with Gasteiger partial charge in [-0.15, -0.1) is 0 Å². The van der Waals surface area contributed by atoms with Crippen LogP contribution >= 0.6 is 28.1 Å². The van der Waals surface area contributed by atoms with Crippen LogP contribution in [-0.4, -0.2) is 17.4 Å². The van der Waals surface area contributed by atoms with Gasteiger partial charge in [0.1, 0.15) is 0 Å². The van der Waals surface area contributed by atoms with E-state index in [0.717, 1.165) is 4.47 Å². The molecule has 0 saturated carbocycles. The van der Waals surface area contributed by atoms with Crippen molar-refractivity contribution in [2.24, 2.45) is 11.1 Å². The van der Waals surface area contributed by atoms with E-state index >= 15 is 0 Å². The third-order valence-corrected chi connectivity index (χ3v) is 3.49. The maximum atomic E-state index is 11.9. The normalized spacial score (nSPS) is 11.0. The first-order valence-corrected chi connectivity index (χ1v) is 6.37. The number of thiocarbonyl (C=S) groups is 1. The second-order valence-electron chi connectivity index (χ2n) is 4.44. The van der Waals surface area contributed by atoms with Crippen LogP contribution in [0.5, 0.6) is 0 Å². The zero-order chi connectivity index (χ0) is 13.1. The first-order valence-electron chi connectivity index (χ1n) is 5.16. The minimum atomic E-state index is -0.378. The Balaban J connectivity index is 2.65. The molecule has 0 saturated heterocycles. The van der Waals surface area contributed by atoms with Gasteiger partial charge in [-0.25, -0.2) is 0 Å². The van der Waals surface area contributed by atoms with Crippen LogP contribution in [-0.2, 0) is 0 Å². The summed E-state index contributed by atoms with van der Waals surface area (Å²) in [5, 5.41) is 2.82. The Morgan fingerprint density at radius 2 is 2.18 bits per heavy atom. The Morgan fingerprint density at radius 1 is 1.53 bits per heavy atom. The van der Waals surface area contributed by atoms with Crippen molar-refractivity contribution in [2.45, 2.75) is 13.8 Å². The topological polar surface area (TPSA) is 55.1 Å². The molecule has 0 aromatic heterocycles. The molecule has 0 radical (unpaired) electrons. The van der Waals surface area contributed by atoms with Crippen LogP contribution in [0.4, 0.5) is 0 Å². The summed E-state index contributed by atoms with van der Waals surface area (Å²) in [5.41, 5.74) is 5.82. The van der Waals surface area contributed by atoms with Crippen molar-refractivity contribution in [3.8, 4) is 0 Å². The second-order valence-corrected chi connectivity index (χ2v) is 5.80. The van der Waals surface area contributed by atoms with Crippen LogP contribution in [0.1, 0.15) is 24.2 Å². The van der Waals surface area contributed by atoms with E-state index in [1.54, 1.807) is 12.1 Å². The molecule has 0 heterocycles. The minimum absolute atomic E-state index is 0.129. The maximum Gasteiger partial charge on any atom is 0.251 e. The van der Waals surface area contributed by atoms with E-state index in [2.05, 4.69) is 21.2 Å². The SMILES string of the molecule is CC(C)(CNC(=O)c1cccc(Br)c1)C(N)=S. The molecule has 3 nitrogen and oxygen atoms in total. The molecule has 92 valence electrons. The number of hydrogen-bond acceptors (Lipinski definition) is 2. The van der Waals surface area contributed by atoms with Gasteiger partial charge in [0.25, 0.3) is 5.91 Å². The van der Waals surface area contributed by atoms with Gasteiger partial charge in [-0.1, -0.05) is 48.1 Å². The summed E-state index contributed by atoms with van der Waals surface area (Å²) in [4.78, 5) is 12.2. The van der Waals surface area contributed by atoms with Crippen molar-refractivity contribution in [3.63, 3.8) is 0 Å². The molecule has 0 fully saturated rings. The van der Waals surface area contributed by atoms with Crippen molar-refractivity contribution in [1.29, 1.82) is 0 Å². The van der Waals surface area contributed by atoms with Gasteiger partial charge in [-0.3, -0.25) is 4.79 Å². The number of rotatable bonds is 4. The molecule has 0 spiro atoms. The highest BCUT2D eigenvalue weighted by Crippen LogP contribution is 2.15. The van der Waals surface area contributed by atoms with Crippen molar-refractivity contribution in [1.82, 2.24) is 5.32 Å². The van der Waals surface area contributed by atoms with Gasteiger partial charge in [0.05, 0.1) is 4.99 Å². The predicted molar refractivity (Wildman–Crippen MR) is 77.0 cm³/mol. The first-order chi connectivity index (χ1) is 7.83. The number of carbonyl (C=O) groups is 1. The van der Waals surface area contributed by atoms with E-state index in [1.165, 1.54) is 0 Å². The number of nitrogens with two attached hydrogens (primary N) is 1. The fourth-order valence-electron chi connectivity index (χ4n) is 1.12. The number of benzene rings is 1. The molecule has 1 amide bonds. The molecule has 0 aliphatic rings. The van der Waals surface area contributed by atoms with E-state index < -0.39 is 0 Å². The summed E-state index contributed by atoms with van der Waals surface area (Å²) in [7, 11) is 0.